The third-order valence-corrected chi connectivity index (χ3v) is 2.82. The van der Waals surface area contributed by atoms with Crippen molar-refractivity contribution in [1.29, 1.82) is 0 Å². The summed E-state index contributed by atoms with van der Waals surface area (Å²) in [6, 6.07) is 0. The van der Waals surface area contributed by atoms with Crippen LogP contribution in [0.5, 0.6) is 0 Å². The van der Waals surface area contributed by atoms with Gasteiger partial charge in [-0.15, -0.1) is 0 Å². The summed E-state index contributed by atoms with van der Waals surface area (Å²) < 4.78 is 0. The van der Waals surface area contributed by atoms with Crippen LogP contribution in [-0.2, 0) is 4.79 Å². The third kappa shape index (κ3) is 6.41. The molecule has 14 heavy (non-hydrogen) atoms. The van der Waals surface area contributed by atoms with Crippen LogP contribution in [0.15, 0.2) is 0 Å². The Kier molecular flexibility index (Phi) is 9.47. The number of halogens is 1. The van der Waals surface area contributed by atoms with Crippen molar-refractivity contribution in [1.82, 2.24) is 5.32 Å². The normalized spacial score (nSPS) is 10.6. The van der Waals surface area contributed by atoms with Gasteiger partial charge in [0.05, 0.1) is 0 Å². The maximum absolute atomic E-state index is 11.7. The van der Waals surface area contributed by atoms with E-state index in [0.29, 0.717) is 0 Å². The predicted octanol–water partition coefficient (Wildman–Crippen LogP) is 3.10. The van der Waals surface area contributed by atoms with E-state index in [1.165, 1.54) is 0 Å². The van der Waals surface area contributed by atoms with Crippen LogP contribution < -0.4 is 5.32 Å². The van der Waals surface area contributed by atoms with E-state index in [1.54, 1.807) is 0 Å². The van der Waals surface area contributed by atoms with E-state index in [9.17, 15) is 4.79 Å². The molecular formula is C11H22BrNO. The van der Waals surface area contributed by atoms with E-state index in [0.717, 1.165) is 44.0 Å². The van der Waals surface area contributed by atoms with Crippen LogP contribution >= 0.6 is 15.9 Å². The molecule has 0 spiro atoms. The number of hydrogen-bond acceptors (Lipinski definition) is 1. The molecule has 84 valence electrons. The highest BCUT2D eigenvalue weighted by molar-refractivity contribution is 9.09. The minimum atomic E-state index is 0.236. The first-order chi connectivity index (χ1) is 6.76. The molecule has 3 heteroatoms. The fourth-order valence-electron chi connectivity index (χ4n) is 1.53. The van der Waals surface area contributed by atoms with Gasteiger partial charge in [0.1, 0.15) is 0 Å². The lowest BCUT2D eigenvalue weighted by Gasteiger charge is -2.14. The molecular weight excluding hydrogens is 242 g/mol. The Bertz CT molecular complexity index is 144. The Balaban J connectivity index is 3.76. The van der Waals surface area contributed by atoms with Crippen LogP contribution in [0.2, 0.25) is 0 Å². The standard InChI is InChI=1S/C11H22BrNO/c1-3-6-10(7-4-2)11(14)13-9-5-8-12/h10H,3-9H2,1-2H3,(H,13,14). The van der Waals surface area contributed by atoms with Crippen LogP contribution in [0, 0.1) is 5.92 Å². The molecule has 0 aliphatic carbocycles. The molecule has 2 nitrogen and oxygen atoms in total. The highest BCUT2D eigenvalue weighted by Gasteiger charge is 2.15. The van der Waals surface area contributed by atoms with Crippen LogP contribution in [-0.4, -0.2) is 17.8 Å². The first-order valence-corrected chi connectivity index (χ1v) is 6.72. The number of amides is 1. The summed E-state index contributed by atoms with van der Waals surface area (Å²) in [5.74, 6) is 0.481. The molecule has 0 saturated carbocycles. The lowest BCUT2D eigenvalue weighted by Crippen LogP contribution is -2.31. The molecule has 0 aliphatic heterocycles. The number of rotatable bonds is 8. The van der Waals surface area contributed by atoms with E-state index in [1.807, 2.05) is 0 Å². The quantitative estimate of drug-likeness (QED) is 0.529. The molecule has 0 radical (unpaired) electrons. The molecule has 0 aromatic carbocycles. The van der Waals surface area contributed by atoms with Crippen molar-refractivity contribution >= 4 is 21.8 Å². The molecule has 1 amide bonds. The summed E-state index contributed by atoms with van der Waals surface area (Å²) in [5.41, 5.74) is 0. The van der Waals surface area contributed by atoms with Crippen molar-refractivity contribution in [2.75, 3.05) is 11.9 Å². The van der Waals surface area contributed by atoms with E-state index in [2.05, 4.69) is 35.1 Å². The predicted molar refractivity (Wildman–Crippen MR) is 64.7 cm³/mol. The van der Waals surface area contributed by atoms with Crippen molar-refractivity contribution < 1.29 is 4.79 Å². The number of carbonyl (C=O) groups is 1. The highest BCUT2D eigenvalue weighted by atomic mass is 79.9. The van der Waals surface area contributed by atoms with Gasteiger partial charge in [-0.25, -0.2) is 0 Å². The summed E-state index contributed by atoms with van der Waals surface area (Å²) in [6.07, 6.45) is 5.24. The first kappa shape index (κ1) is 13.9. The summed E-state index contributed by atoms with van der Waals surface area (Å²) in [4.78, 5) is 11.7. The van der Waals surface area contributed by atoms with Crippen molar-refractivity contribution in [2.24, 2.45) is 5.92 Å². The summed E-state index contributed by atoms with van der Waals surface area (Å²) in [5, 5.41) is 3.94. The van der Waals surface area contributed by atoms with Gasteiger partial charge in [0.2, 0.25) is 5.91 Å². The smallest absolute Gasteiger partial charge is 0.223 e. The Morgan fingerprint density at radius 2 is 1.86 bits per heavy atom. The van der Waals surface area contributed by atoms with Gasteiger partial charge in [-0.2, -0.15) is 0 Å². The second kappa shape index (κ2) is 9.50. The maximum atomic E-state index is 11.7. The number of alkyl halides is 1. The summed E-state index contributed by atoms with van der Waals surface area (Å²) in [7, 11) is 0. The van der Waals surface area contributed by atoms with Gasteiger partial charge in [0.25, 0.3) is 0 Å². The molecule has 0 unspecified atom stereocenters. The second-order valence-electron chi connectivity index (χ2n) is 3.61. The molecule has 0 fully saturated rings. The highest BCUT2D eigenvalue weighted by Crippen LogP contribution is 2.13. The van der Waals surface area contributed by atoms with Crippen LogP contribution in [0.3, 0.4) is 0 Å². The lowest BCUT2D eigenvalue weighted by atomic mass is 9.97. The van der Waals surface area contributed by atoms with Crippen LogP contribution in [0.25, 0.3) is 0 Å². The minimum absolute atomic E-state index is 0.236. The SMILES string of the molecule is CCCC(CCC)C(=O)NCCCBr. The van der Waals surface area contributed by atoms with Gasteiger partial charge in [0, 0.05) is 17.8 Å². The van der Waals surface area contributed by atoms with E-state index in [4.69, 9.17) is 0 Å². The van der Waals surface area contributed by atoms with Crippen molar-refractivity contribution in [2.45, 2.75) is 46.0 Å². The van der Waals surface area contributed by atoms with Crippen LogP contribution in [0.4, 0.5) is 0 Å². The molecule has 0 aliphatic rings. The number of hydrogen-bond donors (Lipinski definition) is 1. The molecule has 1 N–H and O–H groups in total. The van der Waals surface area contributed by atoms with Crippen LogP contribution in [0.1, 0.15) is 46.0 Å². The zero-order valence-electron chi connectivity index (χ0n) is 9.31. The Labute approximate surface area is 96.0 Å². The monoisotopic (exact) mass is 263 g/mol. The zero-order chi connectivity index (χ0) is 10.8. The minimum Gasteiger partial charge on any atom is -0.356 e. The van der Waals surface area contributed by atoms with Gasteiger partial charge < -0.3 is 5.32 Å². The lowest BCUT2D eigenvalue weighted by molar-refractivity contribution is -0.125. The molecule has 0 aromatic heterocycles. The van der Waals surface area contributed by atoms with Crippen molar-refractivity contribution in [3.05, 3.63) is 0 Å². The van der Waals surface area contributed by atoms with Gasteiger partial charge >= 0.3 is 0 Å². The average Bonchev–Trinajstić information content (AvgIpc) is 2.18. The molecule has 0 saturated heterocycles. The third-order valence-electron chi connectivity index (χ3n) is 2.25. The Morgan fingerprint density at radius 1 is 1.29 bits per heavy atom. The zero-order valence-corrected chi connectivity index (χ0v) is 10.9. The largest absolute Gasteiger partial charge is 0.356 e. The van der Waals surface area contributed by atoms with Gasteiger partial charge in [-0.3, -0.25) is 4.79 Å². The second-order valence-corrected chi connectivity index (χ2v) is 4.40. The molecule has 0 heterocycles. The summed E-state index contributed by atoms with van der Waals surface area (Å²) >= 11 is 3.35. The van der Waals surface area contributed by atoms with E-state index in [-0.39, 0.29) is 11.8 Å². The number of nitrogens with one attached hydrogen (secondary N) is 1. The van der Waals surface area contributed by atoms with Gasteiger partial charge in [-0.1, -0.05) is 42.6 Å². The fraction of sp³-hybridized carbons (Fsp3) is 0.909. The molecule has 0 bridgehead atoms. The molecule has 0 aromatic rings. The topological polar surface area (TPSA) is 29.1 Å². The Hall–Kier alpha value is -0.0500. The van der Waals surface area contributed by atoms with Gasteiger partial charge in [0.15, 0.2) is 0 Å². The molecule has 0 rings (SSSR count). The first-order valence-electron chi connectivity index (χ1n) is 5.59. The average molecular weight is 264 g/mol. The van der Waals surface area contributed by atoms with Crippen molar-refractivity contribution in [3.63, 3.8) is 0 Å². The Morgan fingerprint density at radius 3 is 2.29 bits per heavy atom. The van der Waals surface area contributed by atoms with E-state index >= 15 is 0 Å². The summed E-state index contributed by atoms with van der Waals surface area (Å²) in [6.45, 7) is 5.07. The fourth-order valence-corrected chi connectivity index (χ4v) is 1.81. The van der Waals surface area contributed by atoms with Crippen molar-refractivity contribution in [3.8, 4) is 0 Å². The van der Waals surface area contributed by atoms with Gasteiger partial charge in [-0.05, 0) is 19.3 Å². The molecule has 0 atom stereocenters. The van der Waals surface area contributed by atoms with E-state index < -0.39 is 0 Å². The maximum Gasteiger partial charge on any atom is 0.223 e. The number of carbonyl (C=O) groups excluding carboxylic acids is 1.